The molecule has 0 bridgehead atoms. The number of H-pyrrole nitrogens is 4. The molecule has 14 amide bonds. The number of primary amides is 1. The van der Waals surface area contributed by atoms with Gasteiger partial charge in [0.1, 0.15) is 78.3 Å². The van der Waals surface area contributed by atoms with Gasteiger partial charge in [-0.2, -0.15) is 37.0 Å². The summed E-state index contributed by atoms with van der Waals surface area (Å²) in [6.45, 7) is 6.89. The number of nitrogens with one attached hydrogen (secondary N) is 17. The van der Waals surface area contributed by atoms with E-state index in [1.165, 1.54) is 61.1 Å². The van der Waals surface area contributed by atoms with Crippen LogP contribution in [0.3, 0.4) is 0 Å². The molecule has 664 valence electrons. The number of aliphatic hydroxyl groups excluding tert-OH is 1. The zero-order valence-corrected chi connectivity index (χ0v) is 70.6. The summed E-state index contributed by atoms with van der Waals surface area (Å²) in [5.74, 6) is -18.5. The standard InChI is InChI=1S/C79H105N21O20S3/c1-38(2)21-53(70(110)94-58(28-64(105)106)74(114)96-59(79(119)120)26-45-32-83-37-88-45)91-75(115)60(34-121)97-69(109)52(19-20-123-6)89-77(117)65(39(3)4)99-63(104)33-86-68(108)55(23-42-29-84-50-13-9-7-11-47(42)50)92-73(113)57(25-44-31-82-36-87-44)95-78(118)66(40(5)101)100-76(116)61(35-122)98-72(112)56(24-43-30-85-51-14-10-8-12-48(43)51)93-71(111)54(22-41-15-17-46(102)18-16-41)90-67(107)49(80)27-62(81)103/h7-18,29-32,36-40,49,52-61,65-66,84-85,101-102,121-122H,19-28,33-35,80H2,1-6H3,(H2,81,103)(H,82,87)(H,83,88)(H,86,108)(H,89,117)(H,90,107)(H,91,115)(H,92,113)(H,93,111)(H,94,110)(H,95,118)(H,96,114)(H,97,109)(H,98,112)(H,99,104)(H,100,116)(H,105,106)(H,119,120)/t40-,49+,52+,53+,54+,55+,56+,57+,58+,59+,60+,61+,65+,66+/m1/s1. The summed E-state index contributed by atoms with van der Waals surface area (Å²) in [5, 5.41) is 74.8. The van der Waals surface area contributed by atoms with Crippen molar-refractivity contribution in [3.05, 3.63) is 138 Å². The molecule has 41 nitrogen and oxygen atoms in total. The molecule has 3 aromatic carbocycles. The summed E-state index contributed by atoms with van der Waals surface area (Å²) in [6, 6.07) is -0.714. The van der Waals surface area contributed by atoms with Crippen molar-refractivity contribution >= 4 is 153 Å². The summed E-state index contributed by atoms with van der Waals surface area (Å²) in [6.07, 6.45) is 5.37. The van der Waals surface area contributed by atoms with Gasteiger partial charge in [-0.3, -0.25) is 71.9 Å². The fraction of sp³-hybridized carbons (Fsp3) is 0.443. The molecule has 123 heavy (non-hydrogen) atoms. The highest BCUT2D eigenvalue weighted by Crippen LogP contribution is 2.23. The van der Waals surface area contributed by atoms with Gasteiger partial charge >= 0.3 is 11.9 Å². The monoisotopic (exact) mass is 1760 g/mol. The lowest BCUT2D eigenvalue weighted by molar-refractivity contribution is -0.143. The number of phenolic OH excluding ortho intramolecular Hbond substituents is 1. The summed E-state index contributed by atoms with van der Waals surface area (Å²) >= 11 is 9.93. The Hall–Kier alpha value is -12.5. The van der Waals surface area contributed by atoms with Crippen molar-refractivity contribution in [3.63, 3.8) is 0 Å². The van der Waals surface area contributed by atoms with Crippen molar-refractivity contribution in [1.29, 1.82) is 0 Å². The van der Waals surface area contributed by atoms with Crippen LogP contribution in [0.2, 0.25) is 0 Å². The van der Waals surface area contributed by atoms with Gasteiger partial charge in [0.25, 0.3) is 0 Å². The third kappa shape index (κ3) is 30.2. The number of aromatic nitrogens is 6. The number of nitrogens with zero attached hydrogens (tertiary/aromatic N) is 2. The smallest absolute Gasteiger partial charge is 0.326 e. The number of rotatable bonds is 50. The Balaban J connectivity index is 1.04. The van der Waals surface area contributed by atoms with E-state index in [4.69, 9.17) is 11.5 Å². The number of amides is 14. The molecule has 7 aromatic rings. The minimum atomic E-state index is -1.90. The van der Waals surface area contributed by atoms with Crippen LogP contribution in [0.25, 0.3) is 21.8 Å². The van der Waals surface area contributed by atoms with E-state index >= 15 is 0 Å². The number of hydrogen-bond acceptors (Lipinski definition) is 24. The van der Waals surface area contributed by atoms with Crippen LogP contribution < -0.4 is 80.6 Å². The number of para-hydroxylation sites is 2. The van der Waals surface area contributed by atoms with Crippen molar-refractivity contribution < 1.29 is 97.1 Å². The number of nitrogens with two attached hydrogens (primary N) is 2. The number of aliphatic carboxylic acids is 2. The highest BCUT2D eigenvalue weighted by Gasteiger charge is 2.39. The number of thioether (sulfide) groups is 1. The van der Waals surface area contributed by atoms with Crippen LogP contribution in [0.4, 0.5) is 0 Å². The third-order valence-electron chi connectivity index (χ3n) is 19.4. The molecule has 4 aromatic heterocycles. The quantitative estimate of drug-likeness (QED) is 0.0166. The van der Waals surface area contributed by atoms with Crippen molar-refractivity contribution in [2.45, 2.75) is 177 Å². The molecule has 0 spiro atoms. The van der Waals surface area contributed by atoms with Crippen LogP contribution in [0.5, 0.6) is 5.75 Å². The van der Waals surface area contributed by atoms with E-state index in [-0.39, 0.29) is 73.8 Å². The van der Waals surface area contributed by atoms with Crippen molar-refractivity contribution in [2.24, 2.45) is 23.3 Å². The fourth-order valence-corrected chi connectivity index (χ4v) is 13.9. The van der Waals surface area contributed by atoms with E-state index in [2.05, 4.69) is 124 Å². The maximum absolute atomic E-state index is 14.9. The molecule has 0 radical (unpaired) electrons. The van der Waals surface area contributed by atoms with Crippen LogP contribution in [0.15, 0.2) is 110 Å². The Morgan fingerprint density at radius 2 is 0.886 bits per heavy atom. The Kier molecular flexibility index (Phi) is 37.8. The van der Waals surface area contributed by atoms with E-state index < -0.39 is 210 Å². The molecule has 25 N–H and O–H groups in total. The van der Waals surface area contributed by atoms with E-state index in [0.29, 0.717) is 44.2 Å². The van der Waals surface area contributed by atoms with Crippen LogP contribution in [0.1, 0.15) is 88.4 Å². The lowest BCUT2D eigenvalue weighted by atomic mass is 10.0. The second-order valence-corrected chi connectivity index (χ2v) is 31.6. The molecule has 0 aliphatic heterocycles. The first kappa shape index (κ1) is 97.6. The molecule has 7 rings (SSSR count). The molecule has 0 aliphatic carbocycles. The summed E-state index contributed by atoms with van der Waals surface area (Å²) < 4.78 is 0. The van der Waals surface area contributed by atoms with E-state index in [1.54, 1.807) is 94.9 Å². The minimum absolute atomic E-state index is 0.0309. The number of aromatic amines is 4. The SMILES string of the molecule is CSCC[C@H](NC(=O)[C@@H](NC(=O)CNC(=O)[C@H](Cc1c[nH]c2ccccc12)NC(=O)[C@H](Cc1cnc[nH]1)NC(=O)[C@@H](NC(=O)[C@H](CS)NC(=O)[C@H](Cc1c[nH]c2ccccc12)NC(=O)[C@H](Cc1ccc(O)cc1)NC(=O)[C@@H](N)CC(N)=O)[C@@H](C)O)C(C)C)C(=O)N[C@@H](CS)C(=O)N[C@@H](CC(C)C)C(=O)N[C@@H](CC(=O)O)C(=O)N[C@@H](Cc1cnc[nH]1)C(=O)O. The molecule has 0 saturated heterocycles. The Labute approximate surface area is 720 Å². The van der Waals surface area contributed by atoms with Crippen LogP contribution in [0, 0.1) is 11.8 Å². The van der Waals surface area contributed by atoms with E-state index in [1.807, 2.05) is 0 Å². The molecule has 44 heteroatoms. The number of aliphatic hydroxyl groups is 1. The van der Waals surface area contributed by atoms with Crippen molar-refractivity contribution in [3.8, 4) is 5.75 Å². The number of aromatic hydroxyl groups is 1. The van der Waals surface area contributed by atoms with Gasteiger partial charge in [-0.1, -0.05) is 76.2 Å². The van der Waals surface area contributed by atoms with E-state index in [9.17, 15) is 97.1 Å². The average Bonchev–Trinajstić information content (AvgIpc) is 1.70. The number of hydrogen-bond donors (Lipinski definition) is 25. The molecule has 0 fully saturated rings. The Morgan fingerprint density at radius 1 is 0.463 bits per heavy atom. The number of imidazole rings is 2. The first-order chi connectivity index (χ1) is 58.4. The van der Waals surface area contributed by atoms with E-state index in [0.717, 1.165) is 6.92 Å². The number of carboxylic acid groups (broad SMARTS) is 2. The zero-order chi connectivity index (χ0) is 90.3. The predicted octanol–water partition coefficient (Wildman–Crippen LogP) is -3.29. The lowest BCUT2D eigenvalue weighted by Crippen LogP contribution is -2.62. The number of fused-ring (bicyclic) bond motifs is 2. The van der Waals surface area contributed by atoms with Crippen molar-refractivity contribution in [2.75, 3.05) is 30.1 Å². The van der Waals surface area contributed by atoms with Crippen LogP contribution in [-0.4, -0.2) is 260 Å². The molecular weight excluding hydrogens is 1660 g/mol. The third-order valence-corrected chi connectivity index (χ3v) is 20.8. The first-order valence-corrected chi connectivity index (χ1v) is 41.7. The number of benzene rings is 3. The fourth-order valence-electron chi connectivity index (χ4n) is 12.9. The summed E-state index contributed by atoms with van der Waals surface area (Å²) in [4.78, 5) is 241. The topological polar surface area (TPSA) is 651 Å². The predicted molar refractivity (Wildman–Crippen MR) is 455 cm³/mol. The van der Waals surface area contributed by atoms with Gasteiger partial charge in [0.15, 0.2) is 0 Å². The second kappa shape index (κ2) is 47.6. The van der Waals surface area contributed by atoms with Gasteiger partial charge in [0, 0.05) is 102 Å². The molecule has 14 atom stereocenters. The van der Waals surface area contributed by atoms with Gasteiger partial charge < -0.3 is 121 Å². The summed E-state index contributed by atoms with van der Waals surface area (Å²) in [5.41, 5.74) is 14.6. The highest BCUT2D eigenvalue weighted by molar-refractivity contribution is 7.98. The second-order valence-electron chi connectivity index (χ2n) is 29.9. The summed E-state index contributed by atoms with van der Waals surface area (Å²) in [7, 11) is 0. The van der Waals surface area contributed by atoms with Gasteiger partial charge in [-0.05, 0) is 84.6 Å². The number of phenols is 1. The number of thiol groups is 2. The lowest BCUT2D eigenvalue weighted by Gasteiger charge is -2.28. The maximum Gasteiger partial charge on any atom is 0.326 e. The molecule has 0 unspecified atom stereocenters. The minimum Gasteiger partial charge on any atom is -0.508 e. The molecular formula is C79H105N21O20S3. The van der Waals surface area contributed by atoms with Gasteiger partial charge in [-0.25, -0.2) is 14.8 Å². The number of carboxylic acids is 2. The van der Waals surface area contributed by atoms with Crippen LogP contribution >= 0.6 is 37.0 Å². The zero-order valence-electron chi connectivity index (χ0n) is 68.0. The van der Waals surface area contributed by atoms with Gasteiger partial charge in [0.2, 0.25) is 82.7 Å². The van der Waals surface area contributed by atoms with Crippen LogP contribution in [-0.2, 0) is 109 Å². The number of carbonyl (C=O) groups is 16. The largest absolute Gasteiger partial charge is 0.508 e. The van der Waals surface area contributed by atoms with Gasteiger partial charge in [0.05, 0.1) is 44.2 Å². The average molecular weight is 1770 g/mol. The van der Waals surface area contributed by atoms with Crippen molar-refractivity contribution in [1.82, 2.24) is 99.0 Å². The Bertz CT molecular complexity index is 4840. The number of carbonyl (C=O) groups excluding carboxylic acids is 14. The Morgan fingerprint density at radius 3 is 1.37 bits per heavy atom. The molecule has 4 heterocycles. The normalized spacial score (nSPS) is 14.7. The first-order valence-electron chi connectivity index (χ1n) is 39.1. The highest BCUT2D eigenvalue weighted by atomic mass is 32.2. The molecule has 0 aliphatic rings. The maximum atomic E-state index is 14.9. The molecule has 0 saturated carbocycles. The van der Waals surface area contributed by atoms with Gasteiger partial charge in [-0.15, -0.1) is 0 Å².